The largest absolute Gasteiger partial charge is 0.451 e. The minimum absolute atomic E-state index is 0.125. The zero-order valence-corrected chi connectivity index (χ0v) is 14.8. The minimum Gasteiger partial charge on any atom is -0.451 e. The van der Waals surface area contributed by atoms with Crippen LogP contribution in [-0.4, -0.2) is 29.3 Å². The molecule has 2 N–H and O–H groups in total. The van der Waals surface area contributed by atoms with Gasteiger partial charge in [0.05, 0.1) is 6.04 Å². The monoisotopic (exact) mass is 342 g/mol. The Kier molecular flexibility index (Phi) is 5.75. The number of amides is 1. The van der Waals surface area contributed by atoms with Crippen LogP contribution in [-0.2, 0) is 9.53 Å². The summed E-state index contributed by atoms with van der Waals surface area (Å²) in [5.74, 6) is -1.17. The molecule has 1 aromatic carbocycles. The molecule has 0 spiro atoms. The number of carbonyl (C=O) groups excluding carboxylic acids is 3. The number of hydrogen-bond donors (Lipinski definition) is 2. The SMILES string of the molecule is CC(=O)c1c(C)[nH]c(C(=O)OCC(=O)N[C@@H](C)c2ccccc2)c1C. The summed E-state index contributed by atoms with van der Waals surface area (Å²) in [6.07, 6.45) is 0. The van der Waals surface area contributed by atoms with Crippen molar-refractivity contribution in [1.82, 2.24) is 10.3 Å². The van der Waals surface area contributed by atoms with Crippen LogP contribution in [0.2, 0.25) is 0 Å². The second kappa shape index (κ2) is 7.79. The van der Waals surface area contributed by atoms with E-state index >= 15 is 0 Å². The van der Waals surface area contributed by atoms with Crippen LogP contribution in [0.5, 0.6) is 0 Å². The molecule has 2 aromatic rings. The lowest BCUT2D eigenvalue weighted by Gasteiger charge is -2.14. The van der Waals surface area contributed by atoms with Crippen LogP contribution < -0.4 is 5.32 Å². The number of hydrogen-bond acceptors (Lipinski definition) is 4. The van der Waals surface area contributed by atoms with Gasteiger partial charge in [0.25, 0.3) is 5.91 Å². The average molecular weight is 342 g/mol. The van der Waals surface area contributed by atoms with Crippen LogP contribution in [0, 0.1) is 13.8 Å². The number of benzene rings is 1. The zero-order chi connectivity index (χ0) is 18.6. The Balaban J connectivity index is 1.95. The second-order valence-electron chi connectivity index (χ2n) is 5.96. The maximum atomic E-state index is 12.2. The summed E-state index contributed by atoms with van der Waals surface area (Å²) in [5.41, 5.74) is 2.79. The quantitative estimate of drug-likeness (QED) is 0.624. The number of ketones is 1. The fraction of sp³-hybridized carbons (Fsp3) is 0.316. The first-order valence-electron chi connectivity index (χ1n) is 8.02. The highest BCUT2D eigenvalue weighted by molar-refractivity contribution is 6.01. The molecule has 0 aliphatic carbocycles. The van der Waals surface area contributed by atoms with Gasteiger partial charge >= 0.3 is 5.97 Å². The Hall–Kier alpha value is -2.89. The molecule has 1 atom stereocenters. The summed E-state index contributed by atoms with van der Waals surface area (Å²) < 4.78 is 5.06. The van der Waals surface area contributed by atoms with Crippen molar-refractivity contribution in [3.63, 3.8) is 0 Å². The molecule has 6 heteroatoms. The lowest BCUT2D eigenvalue weighted by molar-refractivity contribution is -0.124. The van der Waals surface area contributed by atoms with E-state index in [1.54, 1.807) is 13.8 Å². The third-order valence-electron chi connectivity index (χ3n) is 4.01. The highest BCUT2D eigenvalue weighted by atomic mass is 16.5. The first-order valence-corrected chi connectivity index (χ1v) is 8.02. The number of nitrogens with one attached hydrogen (secondary N) is 2. The van der Waals surface area contributed by atoms with Gasteiger partial charge in [0.2, 0.25) is 0 Å². The van der Waals surface area contributed by atoms with E-state index in [1.807, 2.05) is 37.3 Å². The normalized spacial score (nSPS) is 11.7. The molecule has 25 heavy (non-hydrogen) atoms. The number of carbonyl (C=O) groups is 3. The van der Waals surface area contributed by atoms with Crippen LogP contribution >= 0.6 is 0 Å². The van der Waals surface area contributed by atoms with Crippen LogP contribution in [0.15, 0.2) is 30.3 Å². The van der Waals surface area contributed by atoms with E-state index in [4.69, 9.17) is 4.74 Å². The molecule has 0 saturated heterocycles. The van der Waals surface area contributed by atoms with E-state index < -0.39 is 11.9 Å². The number of aromatic nitrogens is 1. The van der Waals surface area contributed by atoms with Crippen molar-refractivity contribution in [2.45, 2.75) is 33.7 Å². The van der Waals surface area contributed by atoms with Crippen molar-refractivity contribution in [3.05, 3.63) is 58.4 Å². The summed E-state index contributed by atoms with van der Waals surface area (Å²) in [6.45, 7) is 6.30. The summed E-state index contributed by atoms with van der Waals surface area (Å²) >= 11 is 0. The van der Waals surface area contributed by atoms with Gasteiger partial charge in [0.1, 0.15) is 5.69 Å². The first-order chi connectivity index (χ1) is 11.8. The molecule has 0 aliphatic heterocycles. The molecular formula is C19H22N2O4. The fourth-order valence-electron chi connectivity index (χ4n) is 2.79. The van der Waals surface area contributed by atoms with Crippen molar-refractivity contribution < 1.29 is 19.1 Å². The van der Waals surface area contributed by atoms with Gasteiger partial charge in [-0.25, -0.2) is 4.79 Å². The number of aromatic amines is 1. The Morgan fingerprint density at radius 2 is 1.80 bits per heavy atom. The number of ether oxygens (including phenoxy) is 1. The highest BCUT2D eigenvalue weighted by Crippen LogP contribution is 2.19. The molecule has 0 saturated carbocycles. The first kappa shape index (κ1) is 18.4. The molecule has 2 rings (SSSR count). The zero-order valence-electron chi connectivity index (χ0n) is 14.8. The molecule has 1 heterocycles. The van der Waals surface area contributed by atoms with E-state index in [2.05, 4.69) is 10.3 Å². The third kappa shape index (κ3) is 4.35. The Bertz CT molecular complexity index is 793. The van der Waals surface area contributed by atoms with E-state index in [0.717, 1.165) is 5.56 Å². The van der Waals surface area contributed by atoms with Crippen LogP contribution in [0.4, 0.5) is 0 Å². The molecule has 6 nitrogen and oxygen atoms in total. The molecule has 0 aliphatic rings. The lowest BCUT2D eigenvalue weighted by atomic mass is 10.1. The van der Waals surface area contributed by atoms with Crippen molar-refractivity contribution in [2.24, 2.45) is 0 Å². The molecule has 0 radical (unpaired) electrons. The van der Waals surface area contributed by atoms with Gasteiger partial charge in [0, 0.05) is 11.3 Å². The second-order valence-corrected chi connectivity index (χ2v) is 5.96. The number of esters is 1. The number of Topliss-reactive ketones (excluding diaryl/α,β-unsaturated/α-hetero) is 1. The number of H-pyrrole nitrogens is 1. The van der Waals surface area contributed by atoms with Crippen LogP contribution in [0.25, 0.3) is 0 Å². The average Bonchev–Trinajstić information content (AvgIpc) is 2.88. The van der Waals surface area contributed by atoms with Crippen molar-refractivity contribution in [3.8, 4) is 0 Å². The topological polar surface area (TPSA) is 88.3 Å². The van der Waals surface area contributed by atoms with Crippen LogP contribution in [0.1, 0.15) is 57.6 Å². The third-order valence-corrected chi connectivity index (χ3v) is 4.01. The van der Waals surface area contributed by atoms with Gasteiger partial charge in [-0.1, -0.05) is 30.3 Å². The standard InChI is InChI=1S/C19H22N2O4/c1-11-17(14(4)22)13(3)21-18(11)19(24)25-10-16(23)20-12(2)15-8-6-5-7-9-15/h5-9,12,21H,10H2,1-4H3,(H,20,23)/t12-/m0/s1. The summed E-state index contributed by atoms with van der Waals surface area (Å²) in [5, 5.41) is 2.77. The van der Waals surface area contributed by atoms with Gasteiger partial charge in [0.15, 0.2) is 12.4 Å². The number of rotatable bonds is 6. The van der Waals surface area contributed by atoms with E-state index in [-0.39, 0.29) is 24.1 Å². The summed E-state index contributed by atoms with van der Waals surface area (Å²) in [6, 6.07) is 9.31. The smallest absolute Gasteiger partial charge is 0.355 e. The highest BCUT2D eigenvalue weighted by Gasteiger charge is 2.21. The molecule has 1 amide bonds. The molecule has 0 bridgehead atoms. The van der Waals surface area contributed by atoms with Gasteiger partial charge in [-0.2, -0.15) is 0 Å². The van der Waals surface area contributed by atoms with Crippen molar-refractivity contribution in [2.75, 3.05) is 6.61 Å². The lowest BCUT2D eigenvalue weighted by Crippen LogP contribution is -2.31. The van der Waals surface area contributed by atoms with Crippen LogP contribution in [0.3, 0.4) is 0 Å². The summed E-state index contributed by atoms with van der Waals surface area (Å²) in [4.78, 5) is 38.6. The molecule has 0 fully saturated rings. The van der Waals surface area contributed by atoms with Crippen molar-refractivity contribution >= 4 is 17.7 Å². The van der Waals surface area contributed by atoms with Gasteiger partial charge in [-0.3, -0.25) is 9.59 Å². The maximum Gasteiger partial charge on any atom is 0.355 e. The van der Waals surface area contributed by atoms with E-state index in [1.165, 1.54) is 6.92 Å². The molecule has 132 valence electrons. The van der Waals surface area contributed by atoms with Gasteiger partial charge in [-0.05, 0) is 38.8 Å². The molecular weight excluding hydrogens is 320 g/mol. The van der Waals surface area contributed by atoms with Gasteiger partial charge in [-0.15, -0.1) is 0 Å². The minimum atomic E-state index is -0.657. The fourth-order valence-corrected chi connectivity index (χ4v) is 2.79. The maximum absolute atomic E-state index is 12.2. The predicted molar refractivity (Wildman–Crippen MR) is 93.6 cm³/mol. The Morgan fingerprint density at radius 1 is 1.16 bits per heavy atom. The van der Waals surface area contributed by atoms with E-state index in [9.17, 15) is 14.4 Å². The van der Waals surface area contributed by atoms with Gasteiger partial charge < -0.3 is 15.0 Å². The number of aryl methyl sites for hydroxylation is 1. The summed E-state index contributed by atoms with van der Waals surface area (Å²) in [7, 11) is 0. The predicted octanol–water partition coefficient (Wildman–Crippen LogP) is 2.87. The Morgan fingerprint density at radius 3 is 2.36 bits per heavy atom. The van der Waals surface area contributed by atoms with Crippen molar-refractivity contribution in [1.29, 1.82) is 0 Å². The molecule has 1 aromatic heterocycles. The Labute approximate surface area is 146 Å². The molecule has 0 unspecified atom stereocenters. The van der Waals surface area contributed by atoms with E-state index in [0.29, 0.717) is 16.8 Å².